The van der Waals surface area contributed by atoms with Crippen molar-refractivity contribution in [3.05, 3.63) is 46.0 Å². The summed E-state index contributed by atoms with van der Waals surface area (Å²) in [6.45, 7) is 3.44. The molecule has 0 aliphatic carbocycles. The number of benzene rings is 1. The summed E-state index contributed by atoms with van der Waals surface area (Å²) in [5, 5.41) is 10.6. The van der Waals surface area contributed by atoms with Gasteiger partial charge in [0.15, 0.2) is 0 Å². The van der Waals surface area contributed by atoms with E-state index in [1.165, 1.54) is 31.4 Å². The van der Waals surface area contributed by atoms with E-state index in [2.05, 4.69) is 11.3 Å². The zero-order chi connectivity index (χ0) is 11.4. The van der Waals surface area contributed by atoms with E-state index in [9.17, 15) is 14.9 Å². The fourth-order valence-corrected chi connectivity index (χ4v) is 1.21. The Balaban J connectivity index is 3.41. The van der Waals surface area contributed by atoms with E-state index < -0.39 is 10.9 Å². The second-order valence-corrected chi connectivity index (χ2v) is 2.69. The first-order chi connectivity index (χ1) is 7.11. The zero-order valence-corrected chi connectivity index (χ0v) is 8.10. The van der Waals surface area contributed by atoms with Gasteiger partial charge in [-0.2, -0.15) is 0 Å². The van der Waals surface area contributed by atoms with Gasteiger partial charge in [0.25, 0.3) is 5.69 Å². The van der Waals surface area contributed by atoms with Gasteiger partial charge in [-0.3, -0.25) is 10.1 Å². The molecule has 0 aromatic heterocycles. The number of rotatable bonds is 3. The second kappa shape index (κ2) is 4.36. The van der Waals surface area contributed by atoms with Gasteiger partial charge in [-0.15, -0.1) is 0 Å². The Morgan fingerprint density at radius 2 is 2.27 bits per heavy atom. The number of nitro benzene ring substituents is 1. The maximum atomic E-state index is 11.3. The van der Waals surface area contributed by atoms with Crippen LogP contribution in [0.5, 0.6) is 0 Å². The number of hydrogen-bond donors (Lipinski definition) is 0. The minimum Gasteiger partial charge on any atom is -0.465 e. The molecule has 0 heterocycles. The van der Waals surface area contributed by atoms with Gasteiger partial charge in [0, 0.05) is 6.07 Å². The summed E-state index contributed by atoms with van der Waals surface area (Å²) in [4.78, 5) is 21.4. The van der Waals surface area contributed by atoms with Crippen LogP contribution in [-0.4, -0.2) is 18.0 Å². The third-order valence-electron chi connectivity index (χ3n) is 1.89. The van der Waals surface area contributed by atoms with Crippen molar-refractivity contribution in [2.45, 2.75) is 0 Å². The van der Waals surface area contributed by atoms with Crippen LogP contribution in [0.3, 0.4) is 0 Å². The molecule has 0 aliphatic heterocycles. The van der Waals surface area contributed by atoms with Crippen LogP contribution < -0.4 is 0 Å². The highest BCUT2D eigenvalue weighted by Gasteiger charge is 2.19. The molecule has 0 aliphatic rings. The Bertz CT molecular complexity index is 425. The molecule has 0 amide bonds. The SMILES string of the molecule is C=Cc1c(C(=O)OC)cccc1[N+](=O)[O-]. The lowest BCUT2D eigenvalue weighted by atomic mass is 10.1. The number of hydrogen-bond acceptors (Lipinski definition) is 4. The first-order valence-electron chi connectivity index (χ1n) is 4.10. The Labute approximate surface area is 86.1 Å². The predicted molar refractivity (Wildman–Crippen MR) is 54.5 cm³/mol. The quantitative estimate of drug-likeness (QED) is 0.432. The standard InChI is InChI=1S/C10H9NO4/c1-3-7-8(10(12)15-2)5-4-6-9(7)11(13)14/h3-6H,1H2,2H3. The van der Waals surface area contributed by atoms with E-state index in [0.29, 0.717) is 0 Å². The van der Waals surface area contributed by atoms with E-state index in [1.807, 2.05) is 0 Å². The molecule has 0 spiro atoms. The maximum absolute atomic E-state index is 11.3. The van der Waals surface area contributed by atoms with Crippen molar-refractivity contribution in [3.63, 3.8) is 0 Å². The van der Waals surface area contributed by atoms with Crippen LogP contribution in [0.4, 0.5) is 5.69 Å². The van der Waals surface area contributed by atoms with Crippen LogP contribution in [-0.2, 0) is 4.74 Å². The maximum Gasteiger partial charge on any atom is 0.338 e. The van der Waals surface area contributed by atoms with E-state index in [1.54, 1.807) is 0 Å². The Morgan fingerprint density at radius 1 is 1.60 bits per heavy atom. The lowest BCUT2D eigenvalue weighted by Gasteiger charge is -2.03. The molecule has 0 atom stereocenters. The van der Waals surface area contributed by atoms with E-state index in [0.717, 1.165) is 0 Å². The highest BCUT2D eigenvalue weighted by Crippen LogP contribution is 2.23. The molecule has 0 N–H and O–H groups in total. The number of ether oxygens (including phenoxy) is 1. The van der Waals surface area contributed by atoms with Gasteiger partial charge in [0.05, 0.1) is 23.2 Å². The van der Waals surface area contributed by atoms with Crippen molar-refractivity contribution in [2.75, 3.05) is 7.11 Å². The highest BCUT2D eigenvalue weighted by molar-refractivity contribution is 5.95. The summed E-state index contributed by atoms with van der Waals surface area (Å²) < 4.78 is 4.50. The lowest BCUT2D eigenvalue weighted by Crippen LogP contribution is -2.05. The monoisotopic (exact) mass is 207 g/mol. The van der Waals surface area contributed by atoms with Crippen molar-refractivity contribution in [1.29, 1.82) is 0 Å². The van der Waals surface area contributed by atoms with Crippen molar-refractivity contribution in [1.82, 2.24) is 0 Å². The third kappa shape index (κ3) is 2.01. The fourth-order valence-electron chi connectivity index (χ4n) is 1.21. The number of nitrogens with zero attached hydrogens (tertiary/aromatic N) is 1. The topological polar surface area (TPSA) is 69.4 Å². The summed E-state index contributed by atoms with van der Waals surface area (Å²) in [6.07, 6.45) is 1.27. The predicted octanol–water partition coefficient (Wildman–Crippen LogP) is 2.02. The lowest BCUT2D eigenvalue weighted by molar-refractivity contribution is -0.385. The Kier molecular flexibility index (Phi) is 3.17. The van der Waals surface area contributed by atoms with Gasteiger partial charge in [0.2, 0.25) is 0 Å². The number of methoxy groups -OCH3 is 1. The molecule has 1 aromatic rings. The normalized spacial score (nSPS) is 9.40. The summed E-state index contributed by atoms with van der Waals surface area (Å²) >= 11 is 0. The number of esters is 1. The van der Waals surface area contributed by atoms with E-state index in [4.69, 9.17) is 0 Å². The minimum absolute atomic E-state index is 0.140. The van der Waals surface area contributed by atoms with Crippen LogP contribution in [0.15, 0.2) is 24.8 Å². The smallest absolute Gasteiger partial charge is 0.338 e. The molecule has 0 unspecified atom stereocenters. The first kappa shape index (κ1) is 10.9. The van der Waals surface area contributed by atoms with Crippen molar-refractivity contribution < 1.29 is 14.5 Å². The Morgan fingerprint density at radius 3 is 2.73 bits per heavy atom. The second-order valence-electron chi connectivity index (χ2n) is 2.69. The molecule has 0 bridgehead atoms. The molecule has 1 aromatic carbocycles. The molecule has 15 heavy (non-hydrogen) atoms. The van der Waals surface area contributed by atoms with Crippen molar-refractivity contribution in [2.24, 2.45) is 0 Å². The van der Waals surface area contributed by atoms with Crippen LogP contribution in [0.25, 0.3) is 6.08 Å². The molecule has 78 valence electrons. The molecule has 5 nitrogen and oxygen atoms in total. The first-order valence-corrected chi connectivity index (χ1v) is 4.10. The molecule has 0 radical (unpaired) electrons. The molecular formula is C10H9NO4. The molecular weight excluding hydrogens is 198 g/mol. The van der Waals surface area contributed by atoms with E-state index in [-0.39, 0.29) is 16.8 Å². The van der Waals surface area contributed by atoms with Crippen LogP contribution >= 0.6 is 0 Å². The summed E-state index contributed by atoms with van der Waals surface area (Å²) in [6, 6.07) is 4.19. The molecule has 0 saturated heterocycles. The van der Waals surface area contributed by atoms with Crippen molar-refractivity contribution in [3.8, 4) is 0 Å². The van der Waals surface area contributed by atoms with Crippen LogP contribution in [0.2, 0.25) is 0 Å². The van der Waals surface area contributed by atoms with E-state index >= 15 is 0 Å². The number of carbonyl (C=O) groups is 1. The summed E-state index contributed by atoms with van der Waals surface area (Å²) in [7, 11) is 1.22. The largest absolute Gasteiger partial charge is 0.465 e. The Hall–Kier alpha value is -2.17. The molecule has 5 heteroatoms. The number of carbonyl (C=O) groups excluding carboxylic acids is 1. The average molecular weight is 207 g/mol. The molecule has 0 saturated carbocycles. The zero-order valence-electron chi connectivity index (χ0n) is 8.10. The minimum atomic E-state index is -0.617. The number of nitro groups is 1. The third-order valence-corrected chi connectivity index (χ3v) is 1.89. The van der Waals surface area contributed by atoms with Crippen LogP contribution in [0, 0.1) is 10.1 Å². The van der Waals surface area contributed by atoms with Gasteiger partial charge < -0.3 is 4.74 Å². The molecule has 1 rings (SSSR count). The van der Waals surface area contributed by atoms with Crippen molar-refractivity contribution >= 4 is 17.7 Å². The fraction of sp³-hybridized carbons (Fsp3) is 0.100. The summed E-state index contributed by atoms with van der Waals surface area (Å²) in [5.41, 5.74) is 0.156. The van der Waals surface area contributed by atoms with Gasteiger partial charge in [-0.25, -0.2) is 4.79 Å². The van der Waals surface area contributed by atoms with Gasteiger partial charge in [-0.1, -0.05) is 18.7 Å². The average Bonchev–Trinajstić information content (AvgIpc) is 2.26. The van der Waals surface area contributed by atoms with Crippen LogP contribution in [0.1, 0.15) is 15.9 Å². The molecule has 0 fully saturated rings. The van der Waals surface area contributed by atoms with Gasteiger partial charge in [-0.05, 0) is 6.07 Å². The summed E-state index contributed by atoms with van der Waals surface area (Å²) in [5.74, 6) is -0.617. The van der Waals surface area contributed by atoms with Gasteiger partial charge in [0.1, 0.15) is 0 Å². The highest BCUT2D eigenvalue weighted by atomic mass is 16.6. The van der Waals surface area contributed by atoms with Gasteiger partial charge >= 0.3 is 5.97 Å².